The van der Waals surface area contributed by atoms with E-state index in [2.05, 4.69) is 30.6 Å². The van der Waals surface area contributed by atoms with Gasteiger partial charge in [-0.05, 0) is 6.92 Å². The minimum Gasteiger partial charge on any atom is -0.355 e. The highest BCUT2D eigenvalue weighted by Gasteiger charge is 2.20. The first kappa shape index (κ1) is 17.4. The Kier molecular flexibility index (Phi) is 6.48. The molecule has 1 aromatic heterocycles. The van der Waals surface area contributed by atoms with Crippen LogP contribution in [0.3, 0.4) is 0 Å². The maximum absolute atomic E-state index is 11.8. The Morgan fingerprint density at radius 2 is 1.78 bits per heavy atom. The van der Waals surface area contributed by atoms with Crippen LogP contribution in [0.1, 0.15) is 18.6 Å². The molecule has 0 unspecified atom stereocenters. The molecule has 2 N–H and O–H groups in total. The van der Waals surface area contributed by atoms with Crippen molar-refractivity contribution < 1.29 is 14.1 Å². The predicted octanol–water partition coefficient (Wildman–Crippen LogP) is -1.25. The molecule has 0 bridgehead atoms. The van der Waals surface area contributed by atoms with Crippen molar-refractivity contribution in [3.63, 3.8) is 0 Å². The van der Waals surface area contributed by atoms with Crippen molar-refractivity contribution in [3.05, 3.63) is 11.7 Å². The van der Waals surface area contributed by atoms with E-state index in [9.17, 15) is 9.59 Å². The average Bonchev–Trinajstić information content (AvgIpc) is 2.91. The molecule has 1 aliphatic rings. The Morgan fingerprint density at radius 1 is 1.13 bits per heavy atom. The first-order valence-electron chi connectivity index (χ1n) is 7.78. The average molecular weight is 324 g/mol. The molecule has 1 aliphatic heterocycles. The van der Waals surface area contributed by atoms with Gasteiger partial charge in [-0.15, -0.1) is 0 Å². The number of rotatable bonds is 7. The third-order valence-electron chi connectivity index (χ3n) is 3.58. The van der Waals surface area contributed by atoms with Crippen LogP contribution < -0.4 is 10.6 Å². The Labute approximate surface area is 135 Å². The van der Waals surface area contributed by atoms with Crippen LogP contribution in [0.25, 0.3) is 0 Å². The van der Waals surface area contributed by atoms with Crippen LogP contribution in [0.4, 0.5) is 0 Å². The van der Waals surface area contributed by atoms with Crippen molar-refractivity contribution in [1.82, 2.24) is 30.6 Å². The summed E-state index contributed by atoms with van der Waals surface area (Å²) < 4.78 is 5.12. The maximum atomic E-state index is 11.8. The summed E-state index contributed by atoms with van der Waals surface area (Å²) in [5.41, 5.74) is 0. The molecule has 2 heterocycles. The zero-order valence-electron chi connectivity index (χ0n) is 13.7. The molecule has 0 aromatic carbocycles. The minimum absolute atomic E-state index is 0.0173. The summed E-state index contributed by atoms with van der Waals surface area (Å²) in [6.07, 6.45) is 0. The van der Waals surface area contributed by atoms with Crippen molar-refractivity contribution in [2.24, 2.45) is 0 Å². The second kappa shape index (κ2) is 8.59. The van der Waals surface area contributed by atoms with E-state index in [-0.39, 0.29) is 11.8 Å². The zero-order chi connectivity index (χ0) is 16.7. The molecule has 23 heavy (non-hydrogen) atoms. The summed E-state index contributed by atoms with van der Waals surface area (Å²) in [6, 6.07) is 0. The standard InChI is InChI=1S/C14H24N6O3/c1-11-17-14(23-18-11)10-20-7-5-19(6-8-20)9-13(22)16-4-3-15-12(2)21/h3-10H2,1-2H3,(H,15,21)(H,16,22). The summed E-state index contributed by atoms with van der Waals surface area (Å²) >= 11 is 0. The lowest BCUT2D eigenvalue weighted by molar-refractivity contribution is -0.123. The fourth-order valence-corrected chi connectivity index (χ4v) is 2.40. The number of carbonyl (C=O) groups is 2. The van der Waals surface area contributed by atoms with Crippen molar-refractivity contribution >= 4 is 11.8 Å². The minimum atomic E-state index is -0.0909. The number of nitrogens with zero attached hydrogens (tertiary/aromatic N) is 4. The van der Waals surface area contributed by atoms with E-state index in [1.807, 2.05) is 0 Å². The van der Waals surface area contributed by atoms with Gasteiger partial charge in [0.05, 0.1) is 13.1 Å². The molecule has 128 valence electrons. The maximum Gasteiger partial charge on any atom is 0.240 e. The van der Waals surface area contributed by atoms with Gasteiger partial charge in [0, 0.05) is 46.2 Å². The lowest BCUT2D eigenvalue weighted by atomic mass is 10.3. The molecule has 9 heteroatoms. The Bertz CT molecular complexity index is 524. The molecule has 0 atom stereocenters. The highest BCUT2D eigenvalue weighted by atomic mass is 16.5. The van der Waals surface area contributed by atoms with Gasteiger partial charge in [0.15, 0.2) is 5.82 Å². The van der Waals surface area contributed by atoms with Crippen molar-refractivity contribution in [2.75, 3.05) is 45.8 Å². The highest BCUT2D eigenvalue weighted by molar-refractivity contribution is 5.78. The number of aryl methyl sites for hydroxylation is 1. The van der Waals surface area contributed by atoms with E-state index in [1.54, 1.807) is 6.92 Å². The van der Waals surface area contributed by atoms with Crippen LogP contribution in [0.15, 0.2) is 4.52 Å². The highest BCUT2D eigenvalue weighted by Crippen LogP contribution is 2.06. The van der Waals surface area contributed by atoms with Gasteiger partial charge in [-0.1, -0.05) is 5.16 Å². The SMILES string of the molecule is CC(=O)NCCNC(=O)CN1CCN(Cc2nc(C)no2)CC1. The third-order valence-corrected chi connectivity index (χ3v) is 3.58. The molecule has 0 saturated carbocycles. The van der Waals surface area contributed by atoms with Gasteiger partial charge in [0.1, 0.15) is 0 Å². The largest absolute Gasteiger partial charge is 0.355 e. The molecular weight excluding hydrogens is 300 g/mol. The molecule has 1 fully saturated rings. The molecular formula is C14H24N6O3. The normalized spacial score (nSPS) is 16.3. The van der Waals surface area contributed by atoms with Gasteiger partial charge in [0.25, 0.3) is 0 Å². The van der Waals surface area contributed by atoms with E-state index in [4.69, 9.17) is 4.52 Å². The third kappa shape index (κ3) is 6.33. The first-order chi connectivity index (χ1) is 11.0. The molecule has 1 aromatic rings. The zero-order valence-corrected chi connectivity index (χ0v) is 13.7. The molecule has 9 nitrogen and oxygen atoms in total. The smallest absolute Gasteiger partial charge is 0.240 e. The molecule has 2 amide bonds. The predicted molar refractivity (Wildman–Crippen MR) is 82.4 cm³/mol. The van der Waals surface area contributed by atoms with E-state index in [0.29, 0.717) is 37.9 Å². The summed E-state index contributed by atoms with van der Waals surface area (Å²) in [5, 5.41) is 9.22. The van der Waals surface area contributed by atoms with Crippen LogP contribution in [0.5, 0.6) is 0 Å². The van der Waals surface area contributed by atoms with Gasteiger partial charge in [0.2, 0.25) is 17.7 Å². The number of carbonyl (C=O) groups excluding carboxylic acids is 2. The topological polar surface area (TPSA) is 104 Å². The Morgan fingerprint density at radius 3 is 2.39 bits per heavy atom. The van der Waals surface area contributed by atoms with E-state index in [1.165, 1.54) is 6.92 Å². The second-order valence-electron chi connectivity index (χ2n) is 5.62. The molecule has 0 aliphatic carbocycles. The molecule has 2 rings (SSSR count). The van der Waals surface area contributed by atoms with Crippen LogP contribution in [0, 0.1) is 6.92 Å². The van der Waals surface area contributed by atoms with E-state index in [0.717, 1.165) is 26.2 Å². The lowest BCUT2D eigenvalue weighted by Crippen LogP contribution is -2.49. The lowest BCUT2D eigenvalue weighted by Gasteiger charge is -2.33. The van der Waals surface area contributed by atoms with E-state index >= 15 is 0 Å². The number of hydrogen-bond donors (Lipinski definition) is 2. The first-order valence-corrected chi connectivity index (χ1v) is 7.78. The molecule has 0 spiro atoms. The van der Waals surface area contributed by atoms with Crippen molar-refractivity contribution in [2.45, 2.75) is 20.4 Å². The summed E-state index contributed by atoms with van der Waals surface area (Å²) in [5.74, 6) is 1.17. The fourth-order valence-electron chi connectivity index (χ4n) is 2.40. The Balaban J connectivity index is 1.60. The molecule has 1 saturated heterocycles. The number of piperazine rings is 1. The number of aromatic nitrogens is 2. The summed E-state index contributed by atoms with van der Waals surface area (Å²) in [7, 11) is 0. The van der Waals surface area contributed by atoms with Gasteiger partial charge < -0.3 is 15.2 Å². The molecule has 0 radical (unpaired) electrons. The number of nitrogens with one attached hydrogen (secondary N) is 2. The van der Waals surface area contributed by atoms with Gasteiger partial charge in [-0.2, -0.15) is 4.98 Å². The van der Waals surface area contributed by atoms with Crippen LogP contribution in [-0.2, 0) is 16.1 Å². The quantitative estimate of drug-likeness (QED) is 0.604. The Hall–Kier alpha value is -2.00. The van der Waals surface area contributed by atoms with Gasteiger partial charge in [-0.3, -0.25) is 19.4 Å². The van der Waals surface area contributed by atoms with E-state index < -0.39 is 0 Å². The summed E-state index contributed by atoms with van der Waals surface area (Å²) in [4.78, 5) is 31.1. The van der Waals surface area contributed by atoms with Crippen LogP contribution in [-0.4, -0.2) is 77.6 Å². The monoisotopic (exact) mass is 324 g/mol. The van der Waals surface area contributed by atoms with Crippen LogP contribution >= 0.6 is 0 Å². The number of hydrogen-bond acceptors (Lipinski definition) is 7. The van der Waals surface area contributed by atoms with Crippen molar-refractivity contribution in [1.29, 1.82) is 0 Å². The summed E-state index contributed by atoms with van der Waals surface area (Å²) in [6.45, 7) is 8.57. The number of amides is 2. The van der Waals surface area contributed by atoms with Gasteiger partial charge >= 0.3 is 0 Å². The van der Waals surface area contributed by atoms with Crippen molar-refractivity contribution in [3.8, 4) is 0 Å². The second-order valence-corrected chi connectivity index (χ2v) is 5.62. The van der Waals surface area contributed by atoms with Crippen LogP contribution in [0.2, 0.25) is 0 Å². The fraction of sp³-hybridized carbons (Fsp3) is 0.714. The van der Waals surface area contributed by atoms with Gasteiger partial charge in [-0.25, -0.2) is 0 Å².